The standard InChI is InChI=1S/C39H69N3O10/c43-26-28-52-30-29-51-27-25-40-36(45)24-23-34(39(49)50)42-38(48)33-21-19-32(20-22-33)31-41-35(44)17-15-13-11-9-7-5-3-1-2-4-6-8-10-12-14-16-18-37(46)47/h26,32-34H,1-25,27-31H2,(H,40,45)(H,41,44)(H,42,48)(H,46,47)(H,49,50)/t32?,33?,34-/m0/s1. The van der Waals surface area contributed by atoms with Gasteiger partial charge in [0.1, 0.15) is 18.9 Å². The maximum absolute atomic E-state index is 12.8. The van der Waals surface area contributed by atoms with Gasteiger partial charge in [-0.3, -0.25) is 19.2 Å². The van der Waals surface area contributed by atoms with Gasteiger partial charge < -0.3 is 40.4 Å². The molecular weight excluding hydrogens is 670 g/mol. The van der Waals surface area contributed by atoms with E-state index >= 15 is 0 Å². The zero-order valence-corrected chi connectivity index (χ0v) is 31.7. The number of carboxylic acid groups (broad SMARTS) is 2. The number of aliphatic carboxylic acids is 2. The van der Waals surface area contributed by atoms with Crippen LogP contribution in [0.4, 0.5) is 0 Å². The second kappa shape index (κ2) is 32.6. The van der Waals surface area contributed by atoms with Crippen molar-refractivity contribution in [2.45, 2.75) is 160 Å². The summed E-state index contributed by atoms with van der Waals surface area (Å²) < 4.78 is 10.2. The molecule has 0 spiro atoms. The predicted molar refractivity (Wildman–Crippen MR) is 199 cm³/mol. The molecule has 1 saturated carbocycles. The van der Waals surface area contributed by atoms with Crippen molar-refractivity contribution in [3.63, 3.8) is 0 Å². The molecule has 0 bridgehead atoms. The molecule has 0 radical (unpaired) electrons. The van der Waals surface area contributed by atoms with E-state index in [0.29, 0.717) is 51.0 Å². The van der Waals surface area contributed by atoms with Gasteiger partial charge in [-0.1, -0.05) is 89.9 Å². The van der Waals surface area contributed by atoms with Crippen molar-refractivity contribution in [2.75, 3.05) is 39.5 Å². The molecule has 3 amide bonds. The molecule has 1 aliphatic rings. The number of carbonyl (C=O) groups is 6. The van der Waals surface area contributed by atoms with E-state index in [4.69, 9.17) is 14.6 Å². The minimum atomic E-state index is -1.18. The molecule has 0 heterocycles. The minimum Gasteiger partial charge on any atom is -0.481 e. The van der Waals surface area contributed by atoms with Gasteiger partial charge in [0.15, 0.2) is 0 Å². The lowest BCUT2D eigenvalue weighted by Crippen LogP contribution is -2.45. The van der Waals surface area contributed by atoms with E-state index in [1.807, 2.05) is 0 Å². The average molecular weight is 740 g/mol. The Morgan fingerprint density at radius 1 is 0.615 bits per heavy atom. The van der Waals surface area contributed by atoms with E-state index in [1.54, 1.807) is 0 Å². The molecule has 1 aliphatic carbocycles. The van der Waals surface area contributed by atoms with Gasteiger partial charge in [-0.2, -0.15) is 0 Å². The Morgan fingerprint density at radius 3 is 1.63 bits per heavy atom. The number of rotatable bonds is 35. The number of nitrogens with one attached hydrogen (secondary N) is 3. The summed E-state index contributed by atoms with van der Waals surface area (Å²) in [5.41, 5.74) is 0. The van der Waals surface area contributed by atoms with Gasteiger partial charge in [0, 0.05) is 38.3 Å². The number of ether oxygens (including phenoxy) is 2. The van der Waals surface area contributed by atoms with Gasteiger partial charge in [-0.05, 0) is 50.9 Å². The molecule has 1 rings (SSSR count). The Morgan fingerprint density at radius 2 is 1.12 bits per heavy atom. The van der Waals surface area contributed by atoms with Crippen LogP contribution in [0, 0.1) is 11.8 Å². The molecular formula is C39H69N3O10. The number of carbonyl (C=O) groups excluding carboxylic acids is 4. The third-order valence-electron chi connectivity index (χ3n) is 9.75. The first-order valence-electron chi connectivity index (χ1n) is 20.1. The zero-order chi connectivity index (χ0) is 38.1. The van der Waals surface area contributed by atoms with Crippen LogP contribution in [0.15, 0.2) is 0 Å². The SMILES string of the molecule is O=CCOCCOCCNC(=O)CC[C@H](NC(=O)C1CCC(CNC(=O)CCCCCCCCCCCCCCCCCCC(=O)O)CC1)C(=O)O. The Hall–Kier alpha value is -3.06. The van der Waals surface area contributed by atoms with Crippen molar-refractivity contribution < 1.29 is 48.5 Å². The van der Waals surface area contributed by atoms with Crippen LogP contribution in [-0.2, 0) is 38.2 Å². The highest BCUT2D eigenvalue weighted by Gasteiger charge is 2.29. The number of carboxylic acids is 2. The first-order chi connectivity index (χ1) is 25.2. The van der Waals surface area contributed by atoms with Crippen molar-refractivity contribution in [2.24, 2.45) is 11.8 Å². The monoisotopic (exact) mass is 739 g/mol. The fourth-order valence-electron chi connectivity index (χ4n) is 6.54. The molecule has 0 aromatic rings. The Balaban J connectivity index is 2.00. The summed E-state index contributed by atoms with van der Waals surface area (Å²) in [6.45, 7) is 1.70. The lowest BCUT2D eigenvalue weighted by Gasteiger charge is -2.28. The number of unbranched alkanes of at least 4 members (excludes halogenated alkanes) is 15. The lowest BCUT2D eigenvalue weighted by atomic mass is 9.81. The average Bonchev–Trinajstić information content (AvgIpc) is 3.12. The van der Waals surface area contributed by atoms with Gasteiger partial charge in [-0.25, -0.2) is 4.79 Å². The number of aldehydes is 1. The first-order valence-corrected chi connectivity index (χ1v) is 20.1. The maximum Gasteiger partial charge on any atom is 0.326 e. The Labute approximate surface area is 311 Å². The molecule has 0 unspecified atom stereocenters. The fraction of sp³-hybridized carbons (Fsp3) is 0.846. The molecule has 5 N–H and O–H groups in total. The number of hydrogen-bond donors (Lipinski definition) is 5. The molecule has 1 atom stereocenters. The summed E-state index contributed by atoms with van der Waals surface area (Å²) in [6.07, 6.45) is 23.2. The number of hydrogen-bond acceptors (Lipinski definition) is 8. The Kier molecular flexibility index (Phi) is 29.4. The Bertz CT molecular complexity index is 987. The minimum absolute atomic E-state index is 0.0101. The maximum atomic E-state index is 12.8. The fourth-order valence-corrected chi connectivity index (χ4v) is 6.54. The summed E-state index contributed by atoms with van der Waals surface area (Å²) in [4.78, 5) is 69.7. The highest BCUT2D eigenvalue weighted by molar-refractivity contribution is 5.85. The molecule has 0 aromatic carbocycles. The second-order valence-electron chi connectivity index (χ2n) is 14.2. The van der Waals surface area contributed by atoms with Crippen LogP contribution < -0.4 is 16.0 Å². The van der Waals surface area contributed by atoms with Crippen LogP contribution in [0.2, 0.25) is 0 Å². The predicted octanol–water partition coefficient (Wildman–Crippen LogP) is 5.71. The number of amides is 3. The summed E-state index contributed by atoms with van der Waals surface area (Å²) in [5.74, 6) is -2.38. The normalized spacial score (nSPS) is 16.2. The van der Waals surface area contributed by atoms with Crippen LogP contribution in [0.5, 0.6) is 0 Å². The van der Waals surface area contributed by atoms with Crippen molar-refractivity contribution in [3.8, 4) is 0 Å². The van der Waals surface area contributed by atoms with Crippen LogP contribution in [0.3, 0.4) is 0 Å². The molecule has 0 aliphatic heterocycles. The highest BCUT2D eigenvalue weighted by Crippen LogP contribution is 2.29. The van der Waals surface area contributed by atoms with E-state index in [1.165, 1.54) is 70.6 Å². The van der Waals surface area contributed by atoms with E-state index in [0.717, 1.165) is 44.9 Å². The van der Waals surface area contributed by atoms with E-state index in [2.05, 4.69) is 16.0 Å². The summed E-state index contributed by atoms with van der Waals surface area (Å²) in [5, 5.41) is 26.6. The molecule has 0 aromatic heterocycles. The molecule has 13 nitrogen and oxygen atoms in total. The van der Waals surface area contributed by atoms with E-state index < -0.39 is 18.0 Å². The summed E-state index contributed by atoms with van der Waals surface area (Å²) in [7, 11) is 0. The van der Waals surface area contributed by atoms with Gasteiger partial charge in [0.2, 0.25) is 17.7 Å². The first kappa shape index (κ1) is 47.0. The molecule has 0 saturated heterocycles. The molecule has 300 valence electrons. The van der Waals surface area contributed by atoms with Crippen molar-refractivity contribution in [1.82, 2.24) is 16.0 Å². The summed E-state index contributed by atoms with van der Waals surface area (Å²) >= 11 is 0. The van der Waals surface area contributed by atoms with Crippen molar-refractivity contribution in [3.05, 3.63) is 0 Å². The zero-order valence-electron chi connectivity index (χ0n) is 31.7. The van der Waals surface area contributed by atoms with Gasteiger partial charge in [0.25, 0.3) is 0 Å². The molecule has 13 heteroatoms. The van der Waals surface area contributed by atoms with E-state index in [-0.39, 0.29) is 62.8 Å². The van der Waals surface area contributed by atoms with Gasteiger partial charge in [-0.15, -0.1) is 0 Å². The molecule has 1 fully saturated rings. The van der Waals surface area contributed by atoms with Gasteiger partial charge in [0.05, 0.1) is 19.8 Å². The van der Waals surface area contributed by atoms with Gasteiger partial charge >= 0.3 is 11.9 Å². The molecule has 52 heavy (non-hydrogen) atoms. The van der Waals surface area contributed by atoms with Crippen LogP contribution >= 0.6 is 0 Å². The topological polar surface area (TPSA) is 197 Å². The van der Waals surface area contributed by atoms with Crippen molar-refractivity contribution >= 4 is 35.9 Å². The smallest absolute Gasteiger partial charge is 0.326 e. The quantitative estimate of drug-likeness (QED) is 0.0396. The highest BCUT2D eigenvalue weighted by atomic mass is 16.5. The van der Waals surface area contributed by atoms with Crippen molar-refractivity contribution in [1.29, 1.82) is 0 Å². The largest absolute Gasteiger partial charge is 0.481 e. The van der Waals surface area contributed by atoms with Crippen LogP contribution in [0.25, 0.3) is 0 Å². The second-order valence-corrected chi connectivity index (χ2v) is 14.2. The lowest BCUT2D eigenvalue weighted by molar-refractivity contribution is -0.143. The summed E-state index contributed by atoms with van der Waals surface area (Å²) in [6, 6.07) is -1.14. The van der Waals surface area contributed by atoms with Crippen LogP contribution in [0.1, 0.15) is 154 Å². The van der Waals surface area contributed by atoms with E-state index in [9.17, 15) is 33.9 Å². The third-order valence-corrected chi connectivity index (χ3v) is 9.75. The van der Waals surface area contributed by atoms with Crippen LogP contribution in [-0.4, -0.2) is 91.7 Å². The third kappa shape index (κ3) is 27.6.